The molecule has 0 radical (unpaired) electrons. The lowest BCUT2D eigenvalue weighted by Gasteiger charge is -2.41. The zero-order valence-electron chi connectivity index (χ0n) is 12.9. The average molecular weight is 268 g/mol. The topological polar surface area (TPSA) is 40.5 Å². The van der Waals surface area contributed by atoms with Crippen LogP contribution < -0.4 is 0 Å². The van der Waals surface area contributed by atoms with E-state index >= 15 is 0 Å². The summed E-state index contributed by atoms with van der Waals surface area (Å²) in [6.45, 7) is 7.17. The van der Waals surface area contributed by atoms with Gasteiger partial charge in [0.15, 0.2) is 0 Å². The Bertz CT molecular complexity index is 268. The van der Waals surface area contributed by atoms with E-state index in [9.17, 15) is 10.2 Å². The molecule has 2 heteroatoms. The van der Waals surface area contributed by atoms with Gasteiger partial charge in [0.2, 0.25) is 0 Å². The Morgan fingerprint density at radius 1 is 0.789 bits per heavy atom. The van der Waals surface area contributed by atoms with Crippen LogP contribution in [0.4, 0.5) is 0 Å². The molecule has 0 aliphatic heterocycles. The molecule has 2 fully saturated rings. The Kier molecular flexibility index (Phi) is 5.30. The van der Waals surface area contributed by atoms with Gasteiger partial charge in [-0.2, -0.15) is 0 Å². The average Bonchev–Trinajstić information content (AvgIpc) is 2.32. The smallest absolute Gasteiger partial charge is 0.0618 e. The van der Waals surface area contributed by atoms with Crippen LogP contribution in [-0.4, -0.2) is 22.9 Å². The molecule has 0 bridgehead atoms. The van der Waals surface area contributed by atoms with E-state index in [2.05, 4.69) is 20.8 Å². The summed E-state index contributed by atoms with van der Waals surface area (Å²) in [4.78, 5) is 0. The maximum Gasteiger partial charge on any atom is 0.0618 e. The van der Waals surface area contributed by atoms with E-state index in [4.69, 9.17) is 0 Å². The summed E-state index contributed by atoms with van der Waals surface area (Å²) >= 11 is 0. The van der Waals surface area contributed by atoms with Gasteiger partial charge in [-0.25, -0.2) is 0 Å². The summed E-state index contributed by atoms with van der Waals surface area (Å²) in [7, 11) is 0. The van der Waals surface area contributed by atoms with Gasteiger partial charge in [-0.3, -0.25) is 0 Å². The minimum absolute atomic E-state index is 0.118. The van der Waals surface area contributed by atoms with Crippen molar-refractivity contribution in [1.29, 1.82) is 0 Å². The molecule has 0 spiro atoms. The molecule has 0 amide bonds. The zero-order chi connectivity index (χ0) is 14.0. The Balaban J connectivity index is 1.93. The molecule has 0 aromatic rings. The van der Waals surface area contributed by atoms with Crippen LogP contribution in [0.2, 0.25) is 0 Å². The van der Waals surface area contributed by atoms with Crippen LogP contribution in [0.3, 0.4) is 0 Å². The second-order valence-corrected chi connectivity index (χ2v) is 7.79. The molecule has 6 unspecified atom stereocenters. The van der Waals surface area contributed by atoms with E-state index in [1.807, 2.05) is 0 Å². The van der Waals surface area contributed by atoms with Crippen LogP contribution in [-0.2, 0) is 0 Å². The molecule has 0 saturated heterocycles. The molecule has 0 heterocycles. The Labute approximate surface area is 118 Å². The van der Waals surface area contributed by atoms with E-state index in [1.165, 1.54) is 25.7 Å². The highest BCUT2D eigenvalue weighted by Gasteiger charge is 2.37. The number of hydrogen-bond donors (Lipinski definition) is 2. The van der Waals surface area contributed by atoms with Gasteiger partial charge in [0.05, 0.1) is 6.10 Å². The van der Waals surface area contributed by atoms with E-state index in [0.29, 0.717) is 11.8 Å². The molecular weight excluding hydrogens is 236 g/mol. The standard InChI is InChI=1S/C17H32O2/c1-11-4-12(2)6-14(5-11)9-15-7-13(3)8-16(10-18)17(15)19/h11-19H,4-10H2,1-3H3. The van der Waals surface area contributed by atoms with Crippen molar-refractivity contribution < 1.29 is 10.2 Å². The predicted octanol–water partition coefficient (Wildman–Crippen LogP) is 3.46. The molecule has 2 nitrogen and oxygen atoms in total. The van der Waals surface area contributed by atoms with Gasteiger partial charge < -0.3 is 10.2 Å². The third-order valence-electron chi connectivity index (χ3n) is 5.52. The lowest BCUT2D eigenvalue weighted by Crippen LogP contribution is -2.39. The van der Waals surface area contributed by atoms with E-state index in [-0.39, 0.29) is 18.6 Å². The molecule has 2 aliphatic rings. The molecular formula is C17H32O2. The second kappa shape index (κ2) is 6.58. The number of rotatable bonds is 3. The summed E-state index contributed by atoms with van der Waals surface area (Å²) in [6.07, 6.45) is 7.10. The van der Waals surface area contributed by atoms with Gasteiger partial charge >= 0.3 is 0 Å². The lowest BCUT2D eigenvalue weighted by atomic mass is 9.67. The third-order valence-corrected chi connectivity index (χ3v) is 5.52. The predicted molar refractivity (Wildman–Crippen MR) is 78.8 cm³/mol. The molecule has 6 atom stereocenters. The monoisotopic (exact) mass is 268 g/mol. The Hall–Kier alpha value is -0.0800. The van der Waals surface area contributed by atoms with Crippen LogP contribution in [0.5, 0.6) is 0 Å². The van der Waals surface area contributed by atoms with Crippen molar-refractivity contribution in [1.82, 2.24) is 0 Å². The lowest BCUT2D eigenvalue weighted by molar-refractivity contribution is -0.0349. The number of hydrogen-bond acceptors (Lipinski definition) is 2. The van der Waals surface area contributed by atoms with Crippen molar-refractivity contribution in [3.63, 3.8) is 0 Å². The van der Waals surface area contributed by atoms with Gasteiger partial charge in [0.1, 0.15) is 0 Å². The van der Waals surface area contributed by atoms with Crippen LogP contribution in [0.1, 0.15) is 59.3 Å². The largest absolute Gasteiger partial charge is 0.396 e. The van der Waals surface area contributed by atoms with Gasteiger partial charge in [0, 0.05) is 12.5 Å². The first kappa shape index (κ1) is 15.3. The quantitative estimate of drug-likeness (QED) is 0.823. The summed E-state index contributed by atoms with van der Waals surface area (Å²) in [5.41, 5.74) is 0. The van der Waals surface area contributed by atoms with Gasteiger partial charge in [-0.15, -0.1) is 0 Å². The molecule has 19 heavy (non-hydrogen) atoms. The van der Waals surface area contributed by atoms with Crippen molar-refractivity contribution in [3.8, 4) is 0 Å². The molecule has 0 aromatic heterocycles. The molecule has 2 rings (SSSR count). The summed E-state index contributed by atoms with van der Waals surface area (Å²) in [5.74, 6) is 3.68. The van der Waals surface area contributed by atoms with Crippen molar-refractivity contribution in [2.24, 2.45) is 35.5 Å². The number of aliphatic hydroxyl groups is 2. The van der Waals surface area contributed by atoms with Gasteiger partial charge in [-0.1, -0.05) is 20.8 Å². The maximum atomic E-state index is 10.4. The highest BCUT2D eigenvalue weighted by atomic mass is 16.3. The fourth-order valence-corrected chi connectivity index (χ4v) is 4.95. The van der Waals surface area contributed by atoms with E-state index < -0.39 is 0 Å². The van der Waals surface area contributed by atoms with E-state index in [1.54, 1.807) is 0 Å². The van der Waals surface area contributed by atoms with Gasteiger partial charge in [-0.05, 0) is 68.1 Å². The fourth-order valence-electron chi connectivity index (χ4n) is 4.95. The van der Waals surface area contributed by atoms with Crippen LogP contribution in [0.25, 0.3) is 0 Å². The summed E-state index contributed by atoms with van der Waals surface area (Å²) in [5, 5.41) is 19.9. The first-order valence-corrected chi connectivity index (χ1v) is 8.28. The van der Waals surface area contributed by atoms with Crippen LogP contribution in [0.15, 0.2) is 0 Å². The third kappa shape index (κ3) is 3.95. The van der Waals surface area contributed by atoms with Crippen LogP contribution in [0, 0.1) is 35.5 Å². The molecule has 112 valence electrons. The first-order valence-electron chi connectivity index (χ1n) is 8.28. The highest BCUT2D eigenvalue weighted by Crippen LogP contribution is 2.41. The summed E-state index contributed by atoms with van der Waals surface area (Å²) < 4.78 is 0. The zero-order valence-corrected chi connectivity index (χ0v) is 12.9. The van der Waals surface area contributed by atoms with Crippen molar-refractivity contribution >= 4 is 0 Å². The highest BCUT2D eigenvalue weighted by molar-refractivity contribution is 4.87. The maximum absolute atomic E-state index is 10.4. The van der Waals surface area contributed by atoms with E-state index in [0.717, 1.165) is 30.6 Å². The van der Waals surface area contributed by atoms with Gasteiger partial charge in [0.25, 0.3) is 0 Å². The van der Waals surface area contributed by atoms with Crippen molar-refractivity contribution in [2.75, 3.05) is 6.61 Å². The minimum atomic E-state index is -0.270. The molecule has 2 N–H and O–H groups in total. The minimum Gasteiger partial charge on any atom is -0.396 e. The molecule has 2 saturated carbocycles. The first-order chi connectivity index (χ1) is 8.99. The fraction of sp³-hybridized carbons (Fsp3) is 1.00. The second-order valence-electron chi connectivity index (χ2n) is 7.79. The SMILES string of the molecule is CC1CC(C)CC(CC2CC(C)CC(CO)C2O)C1. The molecule has 2 aliphatic carbocycles. The Morgan fingerprint density at radius 3 is 1.89 bits per heavy atom. The number of aliphatic hydroxyl groups excluding tert-OH is 2. The molecule has 0 aromatic carbocycles. The normalized spacial score (nSPS) is 48.2. The van der Waals surface area contributed by atoms with Crippen LogP contribution >= 0.6 is 0 Å². The van der Waals surface area contributed by atoms with Crippen molar-refractivity contribution in [2.45, 2.75) is 65.4 Å². The summed E-state index contributed by atoms with van der Waals surface area (Å²) in [6, 6.07) is 0. The van der Waals surface area contributed by atoms with Crippen molar-refractivity contribution in [3.05, 3.63) is 0 Å². The Morgan fingerprint density at radius 2 is 1.32 bits per heavy atom.